The van der Waals surface area contributed by atoms with E-state index >= 15 is 0 Å². The van der Waals surface area contributed by atoms with E-state index < -0.39 is 0 Å². The number of hydrogen-bond acceptors (Lipinski definition) is 3. The summed E-state index contributed by atoms with van der Waals surface area (Å²) in [5.41, 5.74) is 8.24. The summed E-state index contributed by atoms with van der Waals surface area (Å²) in [7, 11) is 1.71. The van der Waals surface area contributed by atoms with E-state index in [9.17, 15) is 0 Å². The summed E-state index contributed by atoms with van der Waals surface area (Å²) in [6, 6.07) is 8.40. The first-order chi connectivity index (χ1) is 8.83. The zero-order chi connectivity index (χ0) is 13.2. The molecular formula is C15H22N2O. The van der Waals surface area contributed by atoms with Crippen LogP contribution in [-0.4, -0.2) is 20.2 Å². The number of hydrogen-bond donors (Lipinski definition) is 2. The average Bonchev–Trinajstić information content (AvgIpc) is 2.41. The summed E-state index contributed by atoms with van der Waals surface area (Å²) < 4.78 is 5.22. The molecule has 0 fully saturated rings. The Labute approximate surface area is 110 Å². The largest absolute Gasteiger partial charge is 0.380 e. The van der Waals surface area contributed by atoms with Gasteiger partial charge in [0.05, 0.1) is 6.61 Å². The normalized spacial score (nSPS) is 11.7. The van der Waals surface area contributed by atoms with E-state index in [-0.39, 0.29) is 6.04 Å². The highest BCUT2D eigenvalue weighted by Crippen LogP contribution is 2.18. The number of benzene rings is 1. The van der Waals surface area contributed by atoms with Gasteiger partial charge in [-0.25, -0.2) is 0 Å². The highest BCUT2D eigenvalue weighted by atomic mass is 16.5. The Morgan fingerprint density at radius 2 is 2.17 bits per heavy atom. The fourth-order valence-electron chi connectivity index (χ4n) is 1.92. The molecule has 98 valence electrons. The zero-order valence-electron chi connectivity index (χ0n) is 11.2. The van der Waals surface area contributed by atoms with E-state index in [0.717, 1.165) is 13.0 Å². The summed E-state index contributed by atoms with van der Waals surface area (Å²) in [5, 5.41) is 3.44. The van der Waals surface area contributed by atoms with Crippen LogP contribution in [0.25, 0.3) is 0 Å². The molecule has 1 unspecified atom stereocenters. The van der Waals surface area contributed by atoms with Gasteiger partial charge in [0, 0.05) is 32.7 Å². The van der Waals surface area contributed by atoms with Crippen molar-refractivity contribution in [2.24, 2.45) is 5.73 Å². The van der Waals surface area contributed by atoms with Gasteiger partial charge in [-0.15, -0.1) is 11.8 Å². The van der Waals surface area contributed by atoms with Gasteiger partial charge in [-0.05, 0) is 18.1 Å². The molecule has 0 bridgehead atoms. The SMILES string of the molecule is CC#CCCNC(CN)c1ccccc1COC. The van der Waals surface area contributed by atoms with Gasteiger partial charge < -0.3 is 15.8 Å². The minimum absolute atomic E-state index is 0.162. The third-order valence-corrected chi connectivity index (χ3v) is 2.78. The van der Waals surface area contributed by atoms with Crippen molar-refractivity contribution in [1.29, 1.82) is 0 Å². The summed E-state index contributed by atoms with van der Waals surface area (Å²) in [6.45, 7) is 3.89. The lowest BCUT2D eigenvalue weighted by Gasteiger charge is -2.19. The van der Waals surface area contributed by atoms with Crippen LogP contribution in [0.1, 0.15) is 30.5 Å². The lowest BCUT2D eigenvalue weighted by Crippen LogP contribution is -2.29. The van der Waals surface area contributed by atoms with Crippen LogP contribution in [0.5, 0.6) is 0 Å². The second-order valence-electron chi connectivity index (χ2n) is 4.05. The fourth-order valence-corrected chi connectivity index (χ4v) is 1.92. The van der Waals surface area contributed by atoms with Gasteiger partial charge in [-0.1, -0.05) is 24.3 Å². The molecule has 1 rings (SSSR count). The van der Waals surface area contributed by atoms with E-state index in [2.05, 4.69) is 29.3 Å². The van der Waals surface area contributed by atoms with Crippen molar-refractivity contribution in [3.05, 3.63) is 35.4 Å². The summed E-state index contributed by atoms with van der Waals surface area (Å²) >= 11 is 0. The van der Waals surface area contributed by atoms with Gasteiger partial charge >= 0.3 is 0 Å². The van der Waals surface area contributed by atoms with Crippen LogP contribution in [0.3, 0.4) is 0 Å². The molecule has 1 aromatic rings. The highest BCUT2D eigenvalue weighted by molar-refractivity contribution is 5.29. The van der Waals surface area contributed by atoms with Crippen molar-refractivity contribution in [2.45, 2.75) is 26.0 Å². The van der Waals surface area contributed by atoms with Gasteiger partial charge in [-0.2, -0.15) is 0 Å². The predicted octanol–water partition coefficient (Wildman–Crippen LogP) is 1.84. The first-order valence-corrected chi connectivity index (χ1v) is 6.23. The maximum absolute atomic E-state index is 5.85. The van der Waals surface area contributed by atoms with Crippen molar-refractivity contribution in [1.82, 2.24) is 5.32 Å². The molecule has 0 saturated heterocycles. The molecule has 0 aliphatic rings. The van der Waals surface area contributed by atoms with E-state index in [4.69, 9.17) is 10.5 Å². The van der Waals surface area contributed by atoms with Crippen LogP contribution in [0.15, 0.2) is 24.3 Å². The number of nitrogens with two attached hydrogens (primary N) is 1. The first kappa shape index (κ1) is 14.7. The number of methoxy groups -OCH3 is 1. The summed E-state index contributed by atoms with van der Waals surface area (Å²) in [6.07, 6.45) is 0.847. The van der Waals surface area contributed by atoms with Crippen molar-refractivity contribution in [3.8, 4) is 11.8 Å². The zero-order valence-corrected chi connectivity index (χ0v) is 11.2. The molecule has 0 aliphatic heterocycles. The lowest BCUT2D eigenvalue weighted by molar-refractivity contribution is 0.183. The second-order valence-corrected chi connectivity index (χ2v) is 4.05. The van der Waals surface area contributed by atoms with E-state index in [1.807, 2.05) is 19.1 Å². The number of ether oxygens (including phenoxy) is 1. The Balaban J connectivity index is 2.70. The van der Waals surface area contributed by atoms with Crippen LogP contribution in [0.4, 0.5) is 0 Å². The highest BCUT2D eigenvalue weighted by Gasteiger charge is 2.12. The molecule has 18 heavy (non-hydrogen) atoms. The van der Waals surface area contributed by atoms with Crippen LogP contribution in [0.2, 0.25) is 0 Å². The van der Waals surface area contributed by atoms with E-state index in [0.29, 0.717) is 13.2 Å². The predicted molar refractivity (Wildman–Crippen MR) is 75.0 cm³/mol. The van der Waals surface area contributed by atoms with Gasteiger partial charge in [0.2, 0.25) is 0 Å². The molecule has 0 heterocycles. The Hall–Kier alpha value is -1.34. The molecule has 3 heteroatoms. The molecule has 3 nitrogen and oxygen atoms in total. The lowest BCUT2D eigenvalue weighted by atomic mass is 10.0. The quantitative estimate of drug-likeness (QED) is 0.570. The minimum Gasteiger partial charge on any atom is -0.380 e. The Bertz CT molecular complexity index is 406. The molecule has 0 saturated carbocycles. The number of nitrogens with one attached hydrogen (secondary N) is 1. The molecule has 1 aromatic carbocycles. The van der Waals surface area contributed by atoms with Crippen LogP contribution in [0, 0.1) is 11.8 Å². The third kappa shape index (κ3) is 4.50. The van der Waals surface area contributed by atoms with Crippen molar-refractivity contribution in [2.75, 3.05) is 20.2 Å². The number of rotatable bonds is 7. The van der Waals surface area contributed by atoms with E-state index in [1.54, 1.807) is 7.11 Å². The van der Waals surface area contributed by atoms with Crippen molar-refractivity contribution < 1.29 is 4.74 Å². The smallest absolute Gasteiger partial charge is 0.0716 e. The standard InChI is InChI=1S/C15H22N2O/c1-3-4-7-10-17-15(11-16)14-9-6-5-8-13(14)12-18-2/h5-6,8-9,15,17H,7,10-12,16H2,1-2H3. The van der Waals surface area contributed by atoms with Crippen LogP contribution < -0.4 is 11.1 Å². The minimum atomic E-state index is 0.162. The second kappa shape index (κ2) is 8.71. The maximum atomic E-state index is 5.85. The van der Waals surface area contributed by atoms with Crippen LogP contribution >= 0.6 is 0 Å². The maximum Gasteiger partial charge on any atom is 0.0716 e. The molecule has 0 spiro atoms. The molecule has 0 amide bonds. The molecule has 0 aromatic heterocycles. The summed E-state index contributed by atoms with van der Waals surface area (Å²) in [5.74, 6) is 5.93. The molecule has 0 radical (unpaired) electrons. The Kier molecular flexibility index (Phi) is 7.12. The average molecular weight is 246 g/mol. The van der Waals surface area contributed by atoms with Gasteiger partial charge in [0.25, 0.3) is 0 Å². The topological polar surface area (TPSA) is 47.3 Å². The van der Waals surface area contributed by atoms with Gasteiger partial charge in [0.1, 0.15) is 0 Å². The molecule has 1 atom stereocenters. The van der Waals surface area contributed by atoms with Gasteiger partial charge in [-0.3, -0.25) is 0 Å². The van der Waals surface area contributed by atoms with E-state index in [1.165, 1.54) is 11.1 Å². The molecule has 0 aliphatic carbocycles. The fraction of sp³-hybridized carbons (Fsp3) is 0.467. The molecular weight excluding hydrogens is 224 g/mol. The van der Waals surface area contributed by atoms with Gasteiger partial charge in [0.15, 0.2) is 0 Å². The third-order valence-electron chi connectivity index (χ3n) is 2.78. The Morgan fingerprint density at radius 3 is 2.83 bits per heavy atom. The first-order valence-electron chi connectivity index (χ1n) is 6.23. The summed E-state index contributed by atoms with van der Waals surface area (Å²) in [4.78, 5) is 0. The van der Waals surface area contributed by atoms with Crippen molar-refractivity contribution >= 4 is 0 Å². The van der Waals surface area contributed by atoms with Crippen LogP contribution in [-0.2, 0) is 11.3 Å². The Morgan fingerprint density at radius 1 is 1.39 bits per heavy atom. The van der Waals surface area contributed by atoms with Crippen molar-refractivity contribution in [3.63, 3.8) is 0 Å². The molecule has 3 N–H and O–H groups in total. The monoisotopic (exact) mass is 246 g/mol.